The van der Waals surface area contributed by atoms with Gasteiger partial charge in [-0.25, -0.2) is 5.43 Å². The van der Waals surface area contributed by atoms with Gasteiger partial charge in [-0.1, -0.05) is 42.5 Å². The third-order valence-corrected chi connectivity index (χ3v) is 3.56. The zero-order valence-electron chi connectivity index (χ0n) is 13.1. The van der Waals surface area contributed by atoms with Crippen molar-refractivity contribution in [2.75, 3.05) is 11.2 Å². The summed E-state index contributed by atoms with van der Waals surface area (Å²) in [7, 11) is 1.90. The van der Waals surface area contributed by atoms with Crippen LogP contribution in [0.1, 0.15) is 12.5 Å². The fourth-order valence-corrected chi connectivity index (χ4v) is 2.19. The maximum atomic E-state index is 5.69. The number of nitrogen functional groups attached to an aromatic ring is 1. The molecule has 0 saturated carbocycles. The van der Waals surface area contributed by atoms with E-state index in [1.807, 2.05) is 73.1 Å². The number of hydrogen-bond acceptors (Lipinski definition) is 5. The van der Waals surface area contributed by atoms with Gasteiger partial charge >= 0.3 is 0 Å². The lowest BCUT2D eigenvalue weighted by molar-refractivity contribution is 0.917. The highest BCUT2D eigenvalue weighted by Crippen LogP contribution is 2.18. The minimum atomic E-state index is 0.582. The molecule has 6 nitrogen and oxygen atoms in total. The fraction of sp³-hybridized carbons (Fsp3) is 0.118. The first-order chi connectivity index (χ1) is 11.1. The second-order valence-electron chi connectivity index (χ2n) is 5.20. The molecule has 3 aromatic rings. The van der Waals surface area contributed by atoms with Gasteiger partial charge < -0.3 is 5.73 Å². The van der Waals surface area contributed by atoms with Crippen molar-refractivity contribution in [1.82, 2.24) is 14.8 Å². The van der Waals surface area contributed by atoms with Gasteiger partial charge in [-0.2, -0.15) is 5.10 Å². The smallest absolute Gasteiger partial charge is 0.245 e. The van der Waals surface area contributed by atoms with E-state index in [2.05, 4.69) is 20.7 Å². The topological polar surface area (TPSA) is 81.1 Å². The molecule has 23 heavy (non-hydrogen) atoms. The number of nitrogens with two attached hydrogens (primary N) is 1. The van der Waals surface area contributed by atoms with Crippen molar-refractivity contribution < 1.29 is 0 Å². The largest absolute Gasteiger partial charge is 0.399 e. The number of rotatable bonds is 4. The summed E-state index contributed by atoms with van der Waals surface area (Å²) < 4.78 is 1.87. The highest BCUT2D eigenvalue weighted by Gasteiger charge is 2.09. The summed E-state index contributed by atoms with van der Waals surface area (Å²) in [5.41, 5.74) is 12.2. The van der Waals surface area contributed by atoms with Gasteiger partial charge in [0.2, 0.25) is 5.95 Å². The van der Waals surface area contributed by atoms with Crippen LogP contribution in [0.5, 0.6) is 0 Å². The number of hydrogen-bond donors (Lipinski definition) is 2. The lowest BCUT2D eigenvalue weighted by Crippen LogP contribution is -2.04. The standard InChI is InChI=1S/C17H18N6/c1-12(13-8-10-15(18)11-9-13)19-21-17-22-20-16(23(17)2)14-6-4-3-5-7-14/h3-11H,18H2,1-2H3,(H,21,22). The van der Waals surface area contributed by atoms with Gasteiger partial charge in [0, 0.05) is 18.3 Å². The molecule has 0 fully saturated rings. The lowest BCUT2D eigenvalue weighted by Gasteiger charge is -2.05. The van der Waals surface area contributed by atoms with Crippen LogP contribution >= 0.6 is 0 Å². The summed E-state index contributed by atoms with van der Waals surface area (Å²) in [6, 6.07) is 17.5. The van der Waals surface area contributed by atoms with Crippen LogP contribution < -0.4 is 11.2 Å². The highest BCUT2D eigenvalue weighted by molar-refractivity contribution is 5.99. The Morgan fingerprint density at radius 1 is 1.04 bits per heavy atom. The summed E-state index contributed by atoms with van der Waals surface area (Å²) in [6.07, 6.45) is 0. The molecule has 1 heterocycles. The Morgan fingerprint density at radius 2 is 1.74 bits per heavy atom. The zero-order valence-corrected chi connectivity index (χ0v) is 13.1. The number of anilines is 2. The lowest BCUT2D eigenvalue weighted by atomic mass is 10.1. The third kappa shape index (κ3) is 3.21. The molecule has 0 radical (unpaired) electrons. The van der Waals surface area contributed by atoms with E-state index in [0.717, 1.165) is 28.4 Å². The van der Waals surface area contributed by atoms with Gasteiger partial charge in [0.05, 0.1) is 5.71 Å². The van der Waals surface area contributed by atoms with E-state index < -0.39 is 0 Å². The SMILES string of the molecule is CC(=NNc1nnc(-c2ccccc2)n1C)c1ccc(N)cc1. The van der Waals surface area contributed by atoms with Gasteiger partial charge in [-0.3, -0.25) is 4.57 Å². The van der Waals surface area contributed by atoms with E-state index in [1.54, 1.807) is 0 Å². The molecule has 0 aliphatic heterocycles. The van der Waals surface area contributed by atoms with Gasteiger partial charge in [-0.15, -0.1) is 10.2 Å². The van der Waals surface area contributed by atoms with Crippen molar-refractivity contribution in [1.29, 1.82) is 0 Å². The van der Waals surface area contributed by atoms with Crippen LogP contribution in [0.25, 0.3) is 11.4 Å². The van der Waals surface area contributed by atoms with Crippen LogP contribution in [-0.4, -0.2) is 20.5 Å². The van der Waals surface area contributed by atoms with Crippen molar-refractivity contribution in [2.24, 2.45) is 12.1 Å². The van der Waals surface area contributed by atoms with E-state index in [4.69, 9.17) is 5.73 Å². The molecule has 2 aromatic carbocycles. The van der Waals surface area contributed by atoms with E-state index in [0.29, 0.717) is 5.95 Å². The van der Waals surface area contributed by atoms with Crippen LogP contribution in [0.2, 0.25) is 0 Å². The monoisotopic (exact) mass is 306 g/mol. The van der Waals surface area contributed by atoms with Crippen LogP contribution in [0.4, 0.5) is 11.6 Å². The normalized spacial score (nSPS) is 11.5. The quantitative estimate of drug-likeness (QED) is 0.441. The van der Waals surface area contributed by atoms with Gasteiger partial charge in [-0.05, 0) is 24.6 Å². The number of benzene rings is 2. The summed E-state index contributed by atoms with van der Waals surface area (Å²) in [5.74, 6) is 1.37. The number of hydrazone groups is 1. The Kier molecular flexibility index (Phi) is 4.05. The molecule has 116 valence electrons. The summed E-state index contributed by atoms with van der Waals surface area (Å²) >= 11 is 0. The molecule has 0 amide bonds. The van der Waals surface area contributed by atoms with E-state index in [-0.39, 0.29) is 0 Å². The van der Waals surface area contributed by atoms with Crippen LogP contribution in [-0.2, 0) is 7.05 Å². The van der Waals surface area contributed by atoms with Gasteiger partial charge in [0.15, 0.2) is 5.82 Å². The summed E-state index contributed by atoms with van der Waals surface area (Å²) in [4.78, 5) is 0. The second kappa shape index (κ2) is 6.31. The first-order valence-electron chi connectivity index (χ1n) is 7.26. The van der Waals surface area contributed by atoms with Crippen LogP contribution in [0.15, 0.2) is 59.7 Å². The molecule has 0 unspecified atom stereocenters. The molecule has 0 saturated heterocycles. The maximum Gasteiger partial charge on any atom is 0.245 e. The fourth-order valence-electron chi connectivity index (χ4n) is 2.19. The molecule has 0 bridgehead atoms. The van der Waals surface area contributed by atoms with Crippen molar-refractivity contribution >= 4 is 17.3 Å². The van der Waals surface area contributed by atoms with E-state index >= 15 is 0 Å². The van der Waals surface area contributed by atoms with Crippen LogP contribution in [0.3, 0.4) is 0 Å². The summed E-state index contributed by atoms with van der Waals surface area (Å²) in [6.45, 7) is 1.92. The molecular formula is C17H18N6. The molecule has 0 spiro atoms. The third-order valence-electron chi connectivity index (χ3n) is 3.56. The molecule has 1 aromatic heterocycles. The maximum absolute atomic E-state index is 5.69. The average Bonchev–Trinajstić information content (AvgIpc) is 2.95. The van der Waals surface area contributed by atoms with Crippen LogP contribution in [0, 0.1) is 0 Å². The first-order valence-corrected chi connectivity index (χ1v) is 7.26. The Bertz CT molecular complexity index is 818. The van der Waals surface area contributed by atoms with E-state index in [1.165, 1.54) is 0 Å². The molecule has 0 aliphatic rings. The number of aromatic nitrogens is 3. The Labute approximate surface area is 134 Å². The Balaban J connectivity index is 1.80. The van der Waals surface area contributed by atoms with Crippen molar-refractivity contribution in [3.8, 4) is 11.4 Å². The number of nitrogens with zero attached hydrogens (tertiary/aromatic N) is 4. The van der Waals surface area contributed by atoms with Crippen molar-refractivity contribution in [2.45, 2.75) is 6.92 Å². The minimum Gasteiger partial charge on any atom is -0.399 e. The second-order valence-corrected chi connectivity index (χ2v) is 5.20. The molecule has 0 aliphatic carbocycles. The predicted molar refractivity (Wildman–Crippen MR) is 93.1 cm³/mol. The molecule has 3 N–H and O–H groups in total. The molecular weight excluding hydrogens is 288 g/mol. The Morgan fingerprint density at radius 3 is 2.43 bits per heavy atom. The van der Waals surface area contributed by atoms with E-state index in [9.17, 15) is 0 Å². The molecule has 3 rings (SSSR count). The van der Waals surface area contributed by atoms with Gasteiger partial charge in [0.1, 0.15) is 0 Å². The Hall–Kier alpha value is -3.15. The molecule has 6 heteroatoms. The van der Waals surface area contributed by atoms with Crippen molar-refractivity contribution in [3.63, 3.8) is 0 Å². The number of nitrogens with one attached hydrogen (secondary N) is 1. The summed E-state index contributed by atoms with van der Waals surface area (Å²) in [5, 5.41) is 12.7. The minimum absolute atomic E-state index is 0.582. The van der Waals surface area contributed by atoms with Gasteiger partial charge in [0.25, 0.3) is 0 Å². The highest BCUT2D eigenvalue weighted by atomic mass is 15.4. The van der Waals surface area contributed by atoms with Crippen molar-refractivity contribution in [3.05, 3.63) is 60.2 Å². The zero-order chi connectivity index (χ0) is 16.2. The predicted octanol–water partition coefficient (Wildman–Crippen LogP) is 2.90. The molecule has 0 atom stereocenters. The first kappa shape index (κ1) is 14.8. The average molecular weight is 306 g/mol.